The third-order valence-corrected chi connectivity index (χ3v) is 4.03. The van der Waals surface area contributed by atoms with Crippen molar-refractivity contribution in [2.45, 2.75) is 12.8 Å². The van der Waals surface area contributed by atoms with Crippen LogP contribution >= 0.6 is 0 Å². The molecule has 0 aliphatic rings. The van der Waals surface area contributed by atoms with E-state index in [1.807, 2.05) is 0 Å². The molecular weight excluding hydrogens is 377 g/mol. The number of hydrogen-bond acceptors (Lipinski definition) is 6. The predicted molar refractivity (Wildman–Crippen MR) is 95.0 cm³/mol. The second kappa shape index (κ2) is 7.00. The zero-order chi connectivity index (χ0) is 19.7. The van der Waals surface area contributed by atoms with Gasteiger partial charge in [-0.15, -0.1) is 13.2 Å². The van der Waals surface area contributed by atoms with Crippen LogP contribution in [0.1, 0.15) is 6.42 Å². The highest BCUT2D eigenvalue weighted by molar-refractivity contribution is 5.86. The normalized spacial score (nSPS) is 12.0. The van der Waals surface area contributed by atoms with Crippen molar-refractivity contribution in [2.75, 3.05) is 18.5 Å². The SMILES string of the molecule is OCCCNc1nc2cc(OC(F)(F)F)ccc2n2c(-c3ccn[nH]3)cnc12. The van der Waals surface area contributed by atoms with Gasteiger partial charge < -0.3 is 15.2 Å². The fraction of sp³-hybridized carbons (Fsp3) is 0.235. The lowest BCUT2D eigenvalue weighted by molar-refractivity contribution is -0.274. The van der Waals surface area contributed by atoms with Crippen molar-refractivity contribution in [1.29, 1.82) is 0 Å². The average molecular weight is 392 g/mol. The highest BCUT2D eigenvalue weighted by Gasteiger charge is 2.31. The van der Waals surface area contributed by atoms with Crippen LogP contribution in [-0.4, -0.2) is 49.2 Å². The van der Waals surface area contributed by atoms with Crippen LogP contribution in [0.2, 0.25) is 0 Å². The van der Waals surface area contributed by atoms with Gasteiger partial charge in [0.2, 0.25) is 0 Å². The van der Waals surface area contributed by atoms with E-state index in [-0.39, 0.29) is 12.4 Å². The molecule has 146 valence electrons. The van der Waals surface area contributed by atoms with Crippen molar-refractivity contribution in [3.63, 3.8) is 0 Å². The number of hydrogen-bond donors (Lipinski definition) is 3. The molecule has 0 radical (unpaired) electrons. The molecule has 0 unspecified atom stereocenters. The Morgan fingerprint density at radius 3 is 2.82 bits per heavy atom. The fourth-order valence-corrected chi connectivity index (χ4v) is 2.91. The maximum Gasteiger partial charge on any atom is 0.573 e. The van der Waals surface area contributed by atoms with E-state index in [1.54, 1.807) is 22.9 Å². The zero-order valence-corrected chi connectivity index (χ0v) is 14.4. The van der Waals surface area contributed by atoms with Gasteiger partial charge in [-0.25, -0.2) is 9.97 Å². The van der Waals surface area contributed by atoms with Crippen molar-refractivity contribution >= 4 is 22.5 Å². The largest absolute Gasteiger partial charge is 0.573 e. The maximum atomic E-state index is 12.6. The topological polar surface area (TPSA) is 100 Å². The first kappa shape index (κ1) is 18.0. The Labute approximate surface area is 156 Å². The number of aliphatic hydroxyl groups excluding tert-OH is 1. The van der Waals surface area contributed by atoms with Crippen LogP contribution in [-0.2, 0) is 0 Å². The highest BCUT2D eigenvalue weighted by atomic mass is 19.4. The summed E-state index contributed by atoms with van der Waals surface area (Å²) in [4.78, 5) is 8.81. The van der Waals surface area contributed by atoms with Crippen LogP contribution in [0.5, 0.6) is 5.75 Å². The second-order valence-electron chi connectivity index (χ2n) is 5.94. The molecule has 0 fully saturated rings. The molecule has 8 nitrogen and oxygen atoms in total. The Bertz CT molecular complexity index is 1110. The molecule has 0 atom stereocenters. The summed E-state index contributed by atoms with van der Waals surface area (Å²) in [6.07, 6.45) is -1.09. The second-order valence-corrected chi connectivity index (χ2v) is 5.94. The molecule has 3 N–H and O–H groups in total. The third-order valence-electron chi connectivity index (χ3n) is 4.03. The highest BCUT2D eigenvalue weighted by Crippen LogP contribution is 2.31. The molecule has 0 saturated heterocycles. The summed E-state index contributed by atoms with van der Waals surface area (Å²) in [5.74, 6) is 0.0206. The summed E-state index contributed by atoms with van der Waals surface area (Å²) < 4.78 is 43.5. The Kier molecular flexibility index (Phi) is 4.51. The molecule has 1 aromatic carbocycles. The van der Waals surface area contributed by atoms with E-state index >= 15 is 0 Å². The minimum atomic E-state index is -4.80. The van der Waals surface area contributed by atoms with Crippen molar-refractivity contribution in [3.8, 4) is 17.1 Å². The van der Waals surface area contributed by atoms with Crippen molar-refractivity contribution in [3.05, 3.63) is 36.7 Å². The number of H-pyrrole nitrogens is 1. The van der Waals surface area contributed by atoms with Gasteiger partial charge in [0.1, 0.15) is 5.75 Å². The number of alkyl halides is 3. The van der Waals surface area contributed by atoms with Crippen LogP contribution in [0.15, 0.2) is 36.7 Å². The summed E-state index contributed by atoms with van der Waals surface area (Å²) in [6, 6.07) is 5.70. The molecule has 11 heteroatoms. The van der Waals surface area contributed by atoms with Gasteiger partial charge in [-0.3, -0.25) is 9.50 Å². The Morgan fingerprint density at radius 2 is 2.11 bits per heavy atom. The number of rotatable bonds is 6. The Morgan fingerprint density at radius 1 is 1.25 bits per heavy atom. The van der Waals surface area contributed by atoms with Gasteiger partial charge in [-0.2, -0.15) is 5.10 Å². The Hall–Kier alpha value is -3.34. The molecule has 4 rings (SSSR count). The van der Waals surface area contributed by atoms with E-state index in [0.717, 1.165) is 0 Å². The zero-order valence-electron chi connectivity index (χ0n) is 14.4. The van der Waals surface area contributed by atoms with E-state index < -0.39 is 6.36 Å². The van der Waals surface area contributed by atoms with Crippen molar-refractivity contribution in [1.82, 2.24) is 24.6 Å². The standard InChI is InChI=1S/C17H15F3N6O2/c18-17(19,20)28-10-2-3-13-12(8-10)24-15(21-5-1-7-27)16-22-9-14(26(13)16)11-4-6-23-25-11/h2-4,6,8-9,27H,1,5,7H2,(H,21,24)(H,23,25). The lowest BCUT2D eigenvalue weighted by atomic mass is 10.2. The van der Waals surface area contributed by atoms with Crippen molar-refractivity contribution < 1.29 is 23.0 Å². The molecule has 0 bridgehead atoms. The number of nitrogens with one attached hydrogen (secondary N) is 2. The van der Waals surface area contributed by atoms with Gasteiger partial charge >= 0.3 is 6.36 Å². The number of halogens is 3. The quantitative estimate of drug-likeness (QED) is 0.436. The molecular formula is C17H15F3N6O2. The molecule has 0 saturated carbocycles. The first-order valence-corrected chi connectivity index (χ1v) is 8.38. The van der Waals surface area contributed by atoms with Crippen LogP contribution in [0.3, 0.4) is 0 Å². The minimum absolute atomic E-state index is 0.00568. The summed E-state index contributed by atoms with van der Waals surface area (Å²) in [5, 5.41) is 18.8. The minimum Gasteiger partial charge on any atom is -0.406 e. The predicted octanol–water partition coefficient (Wildman–Crippen LogP) is 2.97. The average Bonchev–Trinajstić information content (AvgIpc) is 3.30. The van der Waals surface area contributed by atoms with Crippen LogP contribution in [0.4, 0.5) is 19.0 Å². The van der Waals surface area contributed by atoms with E-state index in [0.29, 0.717) is 46.9 Å². The van der Waals surface area contributed by atoms with Crippen LogP contribution in [0, 0.1) is 0 Å². The van der Waals surface area contributed by atoms with Gasteiger partial charge in [-0.05, 0) is 24.6 Å². The number of ether oxygens (including phenoxy) is 1. The van der Waals surface area contributed by atoms with E-state index in [2.05, 4.69) is 30.2 Å². The number of aromatic nitrogens is 5. The lowest BCUT2D eigenvalue weighted by Gasteiger charge is -2.13. The Balaban J connectivity index is 1.91. The van der Waals surface area contributed by atoms with Crippen LogP contribution < -0.4 is 10.1 Å². The summed E-state index contributed by atoms with van der Waals surface area (Å²) in [7, 11) is 0. The first-order chi connectivity index (χ1) is 13.5. The van der Waals surface area contributed by atoms with Gasteiger partial charge in [-0.1, -0.05) is 0 Å². The third kappa shape index (κ3) is 3.43. The van der Waals surface area contributed by atoms with Gasteiger partial charge in [0, 0.05) is 25.4 Å². The van der Waals surface area contributed by atoms with E-state index in [4.69, 9.17) is 5.11 Å². The van der Waals surface area contributed by atoms with Gasteiger partial charge in [0.05, 0.1) is 28.6 Å². The number of aromatic amines is 1. The smallest absolute Gasteiger partial charge is 0.406 e. The molecule has 0 aliphatic heterocycles. The summed E-state index contributed by atoms with van der Waals surface area (Å²) >= 11 is 0. The number of aliphatic hydroxyl groups is 1. The molecule has 4 aromatic rings. The number of nitrogens with zero attached hydrogens (tertiary/aromatic N) is 4. The number of imidazole rings is 1. The van der Waals surface area contributed by atoms with Gasteiger partial charge in [0.15, 0.2) is 11.5 Å². The monoisotopic (exact) mass is 392 g/mol. The molecule has 3 heterocycles. The fourth-order valence-electron chi connectivity index (χ4n) is 2.91. The summed E-state index contributed by atoms with van der Waals surface area (Å²) in [5.41, 5.74) is 2.71. The molecule has 3 aromatic heterocycles. The van der Waals surface area contributed by atoms with Crippen LogP contribution in [0.25, 0.3) is 28.1 Å². The number of benzene rings is 1. The molecule has 28 heavy (non-hydrogen) atoms. The van der Waals surface area contributed by atoms with Crippen molar-refractivity contribution in [2.24, 2.45) is 0 Å². The number of fused-ring (bicyclic) bond motifs is 3. The maximum absolute atomic E-state index is 12.6. The number of anilines is 1. The summed E-state index contributed by atoms with van der Waals surface area (Å²) in [6.45, 7) is 0.421. The lowest BCUT2D eigenvalue weighted by Crippen LogP contribution is -2.17. The van der Waals surface area contributed by atoms with Gasteiger partial charge in [0.25, 0.3) is 0 Å². The molecule has 0 spiro atoms. The molecule has 0 amide bonds. The van der Waals surface area contributed by atoms with E-state index in [9.17, 15) is 13.2 Å². The first-order valence-electron chi connectivity index (χ1n) is 8.38. The molecule has 0 aliphatic carbocycles. The van der Waals surface area contributed by atoms with E-state index in [1.165, 1.54) is 18.2 Å².